The first-order valence-corrected chi connectivity index (χ1v) is 10.6. The Morgan fingerprint density at radius 3 is 3.03 bits per heavy atom. The van der Waals surface area contributed by atoms with E-state index in [9.17, 15) is 4.79 Å². The molecule has 4 rings (SSSR count). The molecular weight excluding hydrogens is 364 g/mol. The van der Waals surface area contributed by atoms with Gasteiger partial charge in [-0.05, 0) is 56.3 Å². The van der Waals surface area contributed by atoms with E-state index in [2.05, 4.69) is 29.4 Å². The molecule has 2 aliphatic rings. The van der Waals surface area contributed by atoms with Gasteiger partial charge in [0.05, 0.1) is 18.8 Å². The molecule has 0 saturated carbocycles. The van der Waals surface area contributed by atoms with Crippen LogP contribution in [0.2, 0.25) is 0 Å². The first-order chi connectivity index (χ1) is 14.1. The Kier molecular flexibility index (Phi) is 6.09. The van der Waals surface area contributed by atoms with Crippen LogP contribution in [-0.4, -0.2) is 41.0 Å². The number of aromatic nitrogens is 2. The van der Waals surface area contributed by atoms with Gasteiger partial charge in [-0.3, -0.25) is 4.79 Å². The van der Waals surface area contributed by atoms with Gasteiger partial charge in [0.25, 0.3) is 0 Å². The lowest BCUT2D eigenvalue weighted by Gasteiger charge is -2.28. The minimum Gasteiger partial charge on any atom is -0.496 e. The molecule has 1 unspecified atom stereocenters. The Labute approximate surface area is 172 Å². The lowest BCUT2D eigenvalue weighted by molar-refractivity contribution is -0.132. The molecule has 3 heterocycles. The van der Waals surface area contributed by atoms with Crippen molar-refractivity contribution in [3.05, 3.63) is 52.6 Å². The monoisotopic (exact) mass is 394 g/mol. The van der Waals surface area contributed by atoms with Gasteiger partial charge >= 0.3 is 0 Å². The normalized spacial score (nSPS) is 18.6. The molecular formula is C23H30N4O2. The van der Waals surface area contributed by atoms with Crippen molar-refractivity contribution in [1.82, 2.24) is 20.2 Å². The fraction of sp³-hybridized carbons (Fsp3) is 0.522. The summed E-state index contributed by atoms with van der Waals surface area (Å²) in [4.78, 5) is 24.0. The van der Waals surface area contributed by atoms with Crippen LogP contribution >= 0.6 is 0 Å². The topological polar surface area (TPSA) is 67.3 Å². The second kappa shape index (κ2) is 8.91. The van der Waals surface area contributed by atoms with E-state index in [1.54, 1.807) is 7.11 Å². The molecule has 6 nitrogen and oxygen atoms in total. The summed E-state index contributed by atoms with van der Waals surface area (Å²) in [6.07, 6.45) is 7.38. The summed E-state index contributed by atoms with van der Waals surface area (Å²) < 4.78 is 5.31. The van der Waals surface area contributed by atoms with Crippen molar-refractivity contribution in [2.75, 3.05) is 20.2 Å². The van der Waals surface area contributed by atoms with E-state index in [1.165, 1.54) is 12.0 Å². The lowest BCUT2D eigenvalue weighted by Crippen LogP contribution is -2.36. The number of nitrogens with zero attached hydrogens (tertiary/aromatic N) is 3. The second-order valence-electron chi connectivity index (χ2n) is 8.07. The van der Waals surface area contributed by atoms with Crippen molar-refractivity contribution in [3.8, 4) is 5.75 Å². The van der Waals surface area contributed by atoms with Crippen molar-refractivity contribution in [2.45, 2.75) is 58.0 Å². The lowest BCUT2D eigenvalue weighted by atomic mass is 10.0. The number of methoxy groups -OCH3 is 1. The van der Waals surface area contributed by atoms with Gasteiger partial charge < -0.3 is 15.0 Å². The number of rotatable bonds is 6. The highest BCUT2D eigenvalue weighted by Gasteiger charge is 2.24. The Hall–Kier alpha value is -2.47. The maximum Gasteiger partial charge on any atom is 0.222 e. The third-order valence-corrected chi connectivity index (χ3v) is 5.99. The molecule has 2 aliphatic heterocycles. The zero-order valence-corrected chi connectivity index (χ0v) is 17.4. The molecule has 1 aromatic heterocycles. The van der Waals surface area contributed by atoms with Crippen LogP contribution in [0.5, 0.6) is 5.75 Å². The van der Waals surface area contributed by atoms with Gasteiger partial charge in [-0.15, -0.1) is 0 Å². The molecule has 0 bridgehead atoms. The van der Waals surface area contributed by atoms with Crippen LogP contribution in [0.4, 0.5) is 0 Å². The van der Waals surface area contributed by atoms with Crippen LogP contribution in [0.3, 0.4) is 0 Å². The van der Waals surface area contributed by atoms with Crippen LogP contribution in [0, 0.1) is 6.92 Å². The van der Waals surface area contributed by atoms with Crippen molar-refractivity contribution >= 4 is 5.91 Å². The molecule has 1 atom stereocenters. The molecule has 0 radical (unpaired) electrons. The molecule has 1 N–H and O–H groups in total. The molecule has 2 aromatic rings. The maximum atomic E-state index is 12.7. The highest BCUT2D eigenvalue weighted by atomic mass is 16.5. The summed E-state index contributed by atoms with van der Waals surface area (Å²) >= 11 is 0. The molecule has 1 fully saturated rings. The number of carbonyl (C=O) groups is 1. The highest BCUT2D eigenvalue weighted by molar-refractivity contribution is 5.76. The summed E-state index contributed by atoms with van der Waals surface area (Å²) in [7, 11) is 1.69. The van der Waals surface area contributed by atoms with Gasteiger partial charge in [-0.25, -0.2) is 9.97 Å². The summed E-state index contributed by atoms with van der Waals surface area (Å²) in [6, 6.07) is 6.53. The zero-order valence-electron chi connectivity index (χ0n) is 17.4. The smallest absolute Gasteiger partial charge is 0.222 e. The SMILES string of the molecule is COc1ccc(CCCC(=O)N2CCc3nc(C4CCCN4)ncc3C2)cc1C. The average molecular weight is 395 g/mol. The van der Waals surface area contributed by atoms with Crippen molar-refractivity contribution < 1.29 is 9.53 Å². The van der Waals surface area contributed by atoms with Gasteiger partial charge in [-0.2, -0.15) is 0 Å². The number of hydrogen-bond acceptors (Lipinski definition) is 5. The van der Waals surface area contributed by atoms with E-state index in [0.717, 1.165) is 67.2 Å². The minimum absolute atomic E-state index is 0.224. The highest BCUT2D eigenvalue weighted by Crippen LogP contribution is 2.24. The summed E-state index contributed by atoms with van der Waals surface area (Å²) in [5.74, 6) is 2.05. The van der Waals surface area contributed by atoms with Crippen molar-refractivity contribution in [2.24, 2.45) is 0 Å². The number of nitrogens with one attached hydrogen (secondary N) is 1. The third kappa shape index (κ3) is 4.58. The quantitative estimate of drug-likeness (QED) is 0.815. The van der Waals surface area contributed by atoms with E-state index in [-0.39, 0.29) is 5.91 Å². The number of ether oxygens (including phenoxy) is 1. The minimum atomic E-state index is 0.224. The van der Waals surface area contributed by atoms with Crippen LogP contribution in [-0.2, 0) is 24.2 Å². The van der Waals surface area contributed by atoms with Gasteiger partial charge in [0.1, 0.15) is 11.6 Å². The molecule has 6 heteroatoms. The van der Waals surface area contributed by atoms with Crippen LogP contribution in [0.1, 0.15) is 59.9 Å². The summed E-state index contributed by atoms with van der Waals surface area (Å²) in [6.45, 7) is 4.48. The van der Waals surface area contributed by atoms with E-state index in [4.69, 9.17) is 9.72 Å². The van der Waals surface area contributed by atoms with Crippen LogP contribution in [0.15, 0.2) is 24.4 Å². The predicted molar refractivity (Wildman–Crippen MR) is 112 cm³/mol. The zero-order chi connectivity index (χ0) is 20.2. The molecule has 0 spiro atoms. The van der Waals surface area contributed by atoms with E-state index < -0.39 is 0 Å². The maximum absolute atomic E-state index is 12.7. The van der Waals surface area contributed by atoms with E-state index in [0.29, 0.717) is 19.0 Å². The van der Waals surface area contributed by atoms with Gasteiger partial charge in [0, 0.05) is 37.7 Å². The van der Waals surface area contributed by atoms with E-state index >= 15 is 0 Å². The molecule has 1 saturated heterocycles. The number of amides is 1. The van der Waals surface area contributed by atoms with Gasteiger partial charge in [0.15, 0.2) is 0 Å². The van der Waals surface area contributed by atoms with Crippen LogP contribution in [0.25, 0.3) is 0 Å². The van der Waals surface area contributed by atoms with E-state index in [1.807, 2.05) is 17.2 Å². The Morgan fingerprint density at radius 2 is 2.28 bits per heavy atom. The fourth-order valence-electron chi connectivity index (χ4n) is 4.32. The molecule has 154 valence electrons. The van der Waals surface area contributed by atoms with Gasteiger partial charge in [0.2, 0.25) is 5.91 Å². The molecule has 1 amide bonds. The second-order valence-corrected chi connectivity index (χ2v) is 8.07. The van der Waals surface area contributed by atoms with Crippen molar-refractivity contribution in [1.29, 1.82) is 0 Å². The average Bonchev–Trinajstić information content (AvgIpc) is 3.28. The summed E-state index contributed by atoms with van der Waals surface area (Å²) in [5.41, 5.74) is 4.59. The van der Waals surface area contributed by atoms with Gasteiger partial charge in [-0.1, -0.05) is 12.1 Å². The number of aryl methyl sites for hydroxylation is 2. The first-order valence-electron chi connectivity index (χ1n) is 10.6. The number of fused-ring (bicyclic) bond motifs is 1. The largest absolute Gasteiger partial charge is 0.496 e. The Morgan fingerprint density at radius 1 is 1.38 bits per heavy atom. The predicted octanol–water partition coefficient (Wildman–Crippen LogP) is 3.13. The fourth-order valence-corrected chi connectivity index (χ4v) is 4.32. The Balaban J connectivity index is 1.29. The molecule has 29 heavy (non-hydrogen) atoms. The first kappa shape index (κ1) is 19.8. The standard InChI is InChI=1S/C23H30N4O2/c1-16-13-17(8-9-21(16)29-2)5-3-7-22(28)27-12-10-19-18(15-27)14-25-23(26-19)20-6-4-11-24-20/h8-9,13-14,20,24H,3-7,10-12,15H2,1-2H3. The number of hydrogen-bond donors (Lipinski definition) is 1. The van der Waals surface area contributed by atoms with Crippen molar-refractivity contribution in [3.63, 3.8) is 0 Å². The summed E-state index contributed by atoms with van der Waals surface area (Å²) in [5, 5.41) is 3.46. The number of benzene rings is 1. The molecule has 0 aliphatic carbocycles. The molecule has 1 aromatic carbocycles. The Bertz CT molecular complexity index is 877. The third-order valence-electron chi connectivity index (χ3n) is 5.99. The van der Waals surface area contributed by atoms with Crippen LogP contribution < -0.4 is 10.1 Å². The number of carbonyl (C=O) groups excluding carboxylic acids is 1.